The third-order valence-corrected chi connectivity index (χ3v) is 5.88. The van der Waals surface area contributed by atoms with Crippen molar-refractivity contribution in [3.63, 3.8) is 0 Å². The van der Waals surface area contributed by atoms with E-state index in [4.69, 9.17) is 4.74 Å². The third kappa shape index (κ3) is 3.03. The SMILES string of the molecule is COc1ccc(F)c(P(c2ccccc2)c2ccccc2)c1. The van der Waals surface area contributed by atoms with Gasteiger partial charge in [-0.1, -0.05) is 60.7 Å². The summed E-state index contributed by atoms with van der Waals surface area (Å²) in [5, 5.41) is 2.93. The molecule has 0 N–H and O–H groups in total. The molecule has 0 aliphatic heterocycles. The second-order valence-corrected chi connectivity index (χ2v) is 7.01. The smallest absolute Gasteiger partial charge is 0.131 e. The highest BCUT2D eigenvalue weighted by Crippen LogP contribution is 2.34. The molecule has 0 spiro atoms. The predicted molar refractivity (Wildman–Crippen MR) is 91.7 cm³/mol. The van der Waals surface area contributed by atoms with Crippen molar-refractivity contribution in [3.8, 4) is 5.75 Å². The summed E-state index contributed by atoms with van der Waals surface area (Å²) >= 11 is 0. The number of hydrogen-bond donors (Lipinski definition) is 0. The topological polar surface area (TPSA) is 9.23 Å². The van der Waals surface area contributed by atoms with Gasteiger partial charge in [0.25, 0.3) is 0 Å². The second-order valence-electron chi connectivity index (χ2n) is 4.82. The molecule has 0 fully saturated rings. The number of halogens is 1. The molecule has 110 valence electrons. The molecule has 0 amide bonds. The van der Waals surface area contributed by atoms with E-state index >= 15 is 0 Å². The maximum Gasteiger partial charge on any atom is 0.131 e. The first-order valence-electron chi connectivity index (χ1n) is 7.03. The maximum atomic E-state index is 14.5. The molecule has 0 saturated heterocycles. The van der Waals surface area contributed by atoms with Gasteiger partial charge in [0.05, 0.1) is 7.11 Å². The van der Waals surface area contributed by atoms with E-state index in [1.807, 2.05) is 36.4 Å². The summed E-state index contributed by atoms with van der Waals surface area (Å²) in [6, 6.07) is 25.1. The molecule has 3 aromatic carbocycles. The van der Waals surface area contributed by atoms with Crippen LogP contribution in [0.3, 0.4) is 0 Å². The first kappa shape index (κ1) is 14.7. The van der Waals surface area contributed by atoms with Crippen LogP contribution in [0.5, 0.6) is 5.75 Å². The van der Waals surface area contributed by atoms with Crippen molar-refractivity contribution in [2.75, 3.05) is 7.11 Å². The summed E-state index contributed by atoms with van der Waals surface area (Å²) in [5.74, 6) is 0.482. The van der Waals surface area contributed by atoms with Crippen molar-refractivity contribution in [2.45, 2.75) is 0 Å². The minimum atomic E-state index is -0.944. The molecule has 0 bridgehead atoms. The van der Waals surface area contributed by atoms with Gasteiger partial charge in [0, 0.05) is 5.30 Å². The highest BCUT2D eigenvalue weighted by atomic mass is 31.1. The zero-order valence-corrected chi connectivity index (χ0v) is 13.1. The summed E-state index contributed by atoms with van der Waals surface area (Å²) in [6.45, 7) is 0. The largest absolute Gasteiger partial charge is 0.497 e. The van der Waals surface area contributed by atoms with E-state index in [9.17, 15) is 4.39 Å². The maximum absolute atomic E-state index is 14.5. The summed E-state index contributed by atoms with van der Waals surface area (Å²) < 4.78 is 19.8. The summed E-state index contributed by atoms with van der Waals surface area (Å²) in [5.41, 5.74) is 0. The van der Waals surface area contributed by atoms with Crippen molar-refractivity contribution in [2.24, 2.45) is 0 Å². The lowest BCUT2D eigenvalue weighted by Crippen LogP contribution is -2.22. The van der Waals surface area contributed by atoms with Crippen molar-refractivity contribution < 1.29 is 9.13 Å². The van der Waals surface area contributed by atoms with Gasteiger partial charge in [-0.25, -0.2) is 4.39 Å². The first-order valence-corrected chi connectivity index (χ1v) is 8.37. The second kappa shape index (κ2) is 6.72. The van der Waals surface area contributed by atoms with Crippen LogP contribution in [0, 0.1) is 5.82 Å². The highest BCUT2D eigenvalue weighted by molar-refractivity contribution is 7.79. The fourth-order valence-electron chi connectivity index (χ4n) is 2.37. The quantitative estimate of drug-likeness (QED) is 0.669. The van der Waals surface area contributed by atoms with Crippen LogP contribution in [-0.2, 0) is 0 Å². The van der Waals surface area contributed by atoms with Crippen molar-refractivity contribution >= 4 is 23.8 Å². The number of benzene rings is 3. The Balaban J connectivity index is 2.18. The Hall–Kier alpha value is -2.18. The molecule has 0 aliphatic rings. The molecule has 0 aromatic heterocycles. The summed E-state index contributed by atoms with van der Waals surface area (Å²) in [7, 11) is 0.658. The van der Waals surface area contributed by atoms with Crippen LogP contribution in [0.4, 0.5) is 4.39 Å². The van der Waals surface area contributed by atoms with E-state index < -0.39 is 7.92 Å². The van der Waals surface area contributed by atoms with Crippen molar-refractivity contribution in [3.05, 3.63) is 84.7 Å². The Kier molecular flexibility index (Phi) is 4.50. The van der Waals surface area contributed by atoms with E-state index in [0.717, 1.165) is 10.6 Å². The lowest BCUT2D eigenvalue weighted by atomic mass is 10.3. The van der Waals surface area contributed by atoms with E-state index in [0.29, 0.717) is 11.1 Å². The number of methoxy groups -OCH3 is 1. The van der Waals surface area contributed by atoms with Gasteiger partial charge < -0.3 is 4.74 Å². The molecule has 0 radical (unpaired) electrons. The molecule has 0 unspecified atom stereocenters. The highest BCUT2D eigenvalue weighted by Gasteiger charge is 2.20. The minimum absolute atomic E-state index is 0.195. The Bertz CT molecular complexity index is 704. The minimum Gasteiger partial charge on any atom is -0.497 e. The molecule has 0 atom stereocenters. The monoisotopic (exact) mass is 310 g/mol. The van der Waals surface area contributed by atoms with Gasteiger partial charge in [0.15, 0.2) is 0 Å². The fourth-order valence-corrected chi connectivity index (χ4v) is 4.71. The number of rotatable bonds is 4. The third-order valence-electron chi connectivity index (χ3n) is 3.42. The zero-order valence-electron chi connectivity index (χ0n) is 12.2. The molecule has 22 heavy (non-hydrogen) atoms. The number of hydrogen-bond acceptors (Lipinski definition) is 1. The van der Waals surface area contributed by atoms with E-state index in [1.165, 1.54) is 6.07 Å². The van der Waals surface area contributed by atoms with Gasteiger partial charge in [0.2, 0.25) is 0 Å². The van der Waals surface area contributed by atoms with Crippen molar-refractivity contribution in [1.82, 2.24) is 0 Å². The lowest BCUT2D eigenvalue weighted by Gasteiger charge is -2.20. The Morgan fingerprint density at radius 2 is 1.32 bits per heavy atom. The van der Waals surface area contributed by atoms with E-state index in [2.05, 4.69) is 24.3 Å². The van der Waals surface area contributed by atoms with Crippen LogP contribution in [-0.4, -0.2) is 7.11 Å². The van der Waals surface area contributed by atoms with Gasteiger partial charge >= 0.3 is 0 Å². The standard InChI is InChI=1S/C19H16FOP/c1-21-15-12-13-18(20)19(14-15)22(16-8-4-2-5-9-16)17-10-6-3-7-11-17/h2-14H,1H3. The van der Waals surface area contributed by atoms with Gasteiger partial charge in [-0.15, -0.1) is 0 Å². The zero-order chi connectivity index (χ0) is 15.4. The van der Waals surface area contributed by atoms with E-state index in [1.54, 1.807) is 19.2 Å². The molecule has 1 nitrogen and oxygen atoms in total. The molecule has 3 rings (SSSR count). The Morgan fingerprint density at radius 1 is 0.773 bits per heavy atom. The van der Waals surface area contributed by atoms with Crippen LogP contribution in [0.2, 0.25) is 0 Å². The van der Waals surface area contributed by atoms with Crippen LogP contribution in [0.1, 0.15) is 0 Å². The molecule has 3 aromatic rings. The molecule has 0 saturated carbocycles. The Morgan fingerprint density at radius 3 is 1.82 bits per heavy atom. The number of ether oxygens (including phenoxy) is 1. The molecule has 0 heterocycles. The van der Waals surface area contributed by atoms with Gasteiger partial charge in [-0.3, -0.25) is 0 Å². The normalized spacial score (nSPS) is 10.7. The van der Waals surface area contributed by atoms with Gasteiger partial charge in [-0.2, -0.15) is 0 Å². The average molecular weight is 310 g/mol. The molecule has 3 heteroatoms. The van der Waals surface area contributed by atoms with Crippen LogP contribution in [0.15, 0.2) is 78.9 Å². The first-order chi connectivity index (χ1) is 10.8. The average Bonchev–Trinajstić information content (AvgIpc) is 2.59. The predicted octanol–water partition coefficient (Wildman–Crippen LogP) is 3.59. The Labute approximate surface area is 131 Å². The van der Waals surface area contributed by atoms with Crippen molar-refractivity contribution in [1.29, 1.82) is 0 Å². The summed E-state index contributed by atoms with van der Waals surface area (Å²) in [4.78, 5) is 0. The summed E-state index contributed by atoms with van der Waals surface area (Å²) in [6.07, 6.45) is 0. The van der Waals surface area contributed by atoms with Crippen LogP contribution < -0.4 is 20.7 Å². The fraction of sp³-hybridized carbons (Fsp3) is 0.0526. The molecular weight excluding hydrogens is 294 g/mol. The van der Waals surface area contributed by atoms with E-state index in [-0.39, 0.29) is 5.82 Å². The molecule has 0 aliphatic carbocycles. The van der Waals surface area contributed by atoms with Crippen LogP contribution in [0.25, 0.3) is 0 Å². The van der Waals surface area contributed by atoms with Gasteiger partial charge in [0.1, 0.15) is 11.6 Å². The molecular formula is C19H16FOP. The lowest BCUT2D eigenvalue weighted by molar-refractivity contribution is 0.414. The van der Waals surface area contributed by atoms with Crippen LogP contribution >= 0.6 is 7.92 Å². The van der Waals surface area contributed by atoms with Gasteiger partial charge in [-0.05, 0) is 36.7 Å².